The van der Waals surface area contributed by atoms with Gasteiger partial charge in [0.1, 0.15) is 0 Å². The van der Waals surface area contributed by atoms with E-state index in [-0.39, 0.29) is 17.9 Å². The minimum atomic E-state index is -0.157. The molecule has 1 atom stereocenters. The molecule has 1 heterocycles. The van der Waals surface area contributed by atoms with Gasteiger partial charge in [0.05, 0.1) is 6.04 Å². The third-order valence-corrected chi connectivity index (χ3v) is 5.80. The molecule has 152 valence electrons. The lowest BCUT2D eigenvalue weighted by Crippen LogP contribution is -2.33. The largest absolute Gasteiger partial charge is 0.269 e. The third kappa shape index (κ3) is 4.09. The van der Waals surface area contributed by atoms with Crippen LogP contribution < -0.4 is 0 Å². The minimum absolute atomic E-state index is 0.0993. The molecule has 1 aromatic rings. The molecule has 0 aromatic heterocycles. The van der Waals surface area contributed by atoms with Crippen molar-refractivity contribution >= 4 is 11.8 Å². The molecular weight excluding hydrogens is 346 g/mol. The average Bonchev–Trinajstić information content (AvgIpc) is 3.13. The van der Waals surface area contributed by atoms with Crippen molar-refractivity contribution in [2.24, 2.45) is 17.8 Å². The molecule has 0 saturated carbocycles. The number of hydrogen-bond donors (Lipinski definition) is 0. The summed E-state index contributed by atoms with van der Waals surface area (Å²) in [7, 11) is 0. The summed E-state index contributed by atoms with van der Waals surface area (Å²) in [6.45, 7) is 13.6. The van der Waals surface area contributed by atoms with E-state index in [1.807, 2.05) is 0 Å². The van der Waals surface area contributed by atoms with Crippen molar-refractivity contribution in [1.29, 1.82) is 0 Å². The Balaban J connectivity index is 2.16. The van der Waals surface area contributed by atoms with Crippen molar-refractivity contribution in [1.82, 2.24) is 4.90 Å². The molecule has 3 heteroatoms. The molecule has 0 N–H and O–H groups in total. The summed E-state index contributed by atoms with van der Waals surface area (Å²) in [6.07, 6.45) is 7.82. The van der Waals surface area contributed by atoms with Gasteiger partial charge in [-0.15, -0.1) is 0 Å². The predicted molar refractivity (Wildman–Crippen MR) is 114 cm³/mol. The quantitative estimate of drug-likeness (QED) is 0.609. The fourth-order valence-electron chi connectivity index (χ4n) is 4.92. The first-order valence-corrected chi connectivity index (χ1v) is 10.9. The Hall–Kier alpha value is -1.90. The first kappa shape index (κ1) is 20.8. The van der Waals surface area contributed by atoms with Crippen LogP contribution in [-0.2, 0) is 35.3 Å². The van der Waals surface area contributed by atoms with E-state index in [1.165, 1.54) is 44.9 Å². The van der Waals surface area contributed by atoms with Gasteiger partial charge in [-0.05, 0) is 77.7 Å². The number of rotatable bonds is 7. The lowest BCUT2D eigenvalue weighted by molar-refractivity contribution is -0.139. The Morgan fingerprint density at radius 2 is 1.39 bits per heavy atom. The molecule has 2 aliphatic rings. The number of imide groups is 1. The van der Waals surface area contributed by atoms with E-state index in [4.69, 9.17) is 0 Å². The highest BCUT2D eigenvalue weighted by Crippen LogP contribution is 2.43. The first-order valence-electron chi connectivity index (χ1n) is 10.9. The Bertz CT molecular complexity index is 783. The maximum absolute atomic E-state index is 12.4. The van der Waals surface area contributed by atoms with Crippen LogP contribution in [0.3, 0.4) is 0 Å². The lowest BCUT2D eigenvalue weighted by atomic mass is 9.83. The Morgan fingerprint density at radius 1 is 0.857 bits per heavy atom. The molecule has 2 amide bonds. The smallest absolute Gasteiger partial charge is 0.254 e. The van der Waals surface area contributed by atoms with Gasteiger partial charge in [-0.3, -0.25) is 14.5 Å². The molecule has 1 aliphatic carbocycles. The van der Waals surface area contributed by atoms with Crippen LogP contribution in [0.5, 0.6) is 0 Å². The van der Waals surface area contributed by atoms with E-state index < -0.39 is 0 Å². The second kappa shape index (κ2) is 8.23. The second-order valence-corrected chi connectivity index (χ2v) is 9.79. The zero-order valence-electron chi connectivity index (χ0n) is 18.3. The molecule has 3 rings (SSSR count). The molecule has 0 saturated heterocycles. The van der Waals surface area contributed by atoms with E-state index in [9.17, 15) is 9.59 Å². The number of benzene rings is 1. The molecular formula is C25H35NO2. The minimum Gasteiger partial charge on any atom is -0.269 e. The third-order valence-electron chi connectivity index (χ3n) is 5.80. The molecule has 28 heavy (non-hydrogen) atoms. The molecule has 0 unspecified atom stereocenters. The summed E-state index contributed by atoms with van der Waals surface area (Å²) >= 11 is 0. The maximum Gasteiger partial charge on any atom is 0.254 e. The van der Waals surface area contributed by atoms with E-state index in [2.05, 4.69) is 47.6 Å². The van der Waals surface area contributed by atoms with Crippen molar-refractivity contribution in [3.05, 3.63) is 46.0 Å². The van der Waals surface area contributed by atoms with E-state index in [0.717, 1.165) is 32.1 Å². The van der Waals surface area contributed by atoms with Gasteiger partial charge in [0.25, 0.3) is 11.8 Å². The fourth-order valence-corrected chi connectivity index (χ4v) is 4.92. The molecule has 0 radical (unpaired) electrons. The number of fused-ring (bicyclic) bond motifs is 1. The van der Waals surface area contributed by atoms with Crippen LogP contribution in [0.15, 0.2) is 18.2 Å². The predicted octanol–water partition coefficient (Wildman–Crippen LogP) is 5.19. The van der Waals surface area contributed by atoms with Gasteiger partial charge in [0, 0.05) is 12.2 Å². The van der Waals surface area contributed by atoms with Crippen LogP contribution in [0.2, 0.25) is 0 Å². The SMILES string of the molecule is CC(C)Cc1cc(CC(C)C)c2c(c1CC(C)C)CC[C@@H]2N1C(=O)C=CC1=O. The lowest BCUT2D eigenvalue weighted by Gasteiger charge is -2.27. The molecule has 1 aliphatic heterocycles. The Morgan fingerprint density at radius 3 is 1.93 bits per heavy atom. The molecule has 3 nitrogen and oxygen atoms in total. The van der Waals surface area contributed by atoms with Crippen LogP contribution in [0, 0.1) is 17.8 Å². The number of nitrogens with zero attached hydrogens (tertiary/aromatic N) is 1. The number of amides is 2. The summed E-state index contributed by atoms with van der Waals surface area (Å²) in [4.78, 5) is 26.3. The summed E-state index contributed by atoms with van der Waals surface area (Å²) in [5.74, 6) is 1.42. The van der Waals surface area contributed by atoms with Crippen molar-refractivity contribution in [2.45, 2.75) is 79.7 Å². The first-order chi connectivity index (χ1) is 13.2. The van der Waals surface area contributed by atoms with E-state index in [0.29, 0.717) is 17.8 Å². The van der Waals surface area contributed by atoms with Gasteiger partial charge >= 0.3 is 0 Å². The van der Waals surface area contributed by atoms with Crippen LogP contribution in [0.25, 0.3) is 0 Å². The topological polar surface area (TPSA) is 37.4 Å². The summed E-state index contributed by atoms with van der Waals surface area (Å²) in [6, 6.07) is 2.31. The standard InChI is InChI=1S/C25H35NO2/c1-15(2)11-18-14-19(12-16(3)4)25-20(21(18)13-17(5)6)7-8-22(25)26-23(27)9-10-24(26)28/h9-10,14-17,22H,7-8,11-13H2,1-6H3/t22-/m0/s1. The zero-order chi connectivity index (χ0) is 20.6. The van der Waals surface area contributed by atoms with Crippen LogP contribution in [0.4, 0.5) is 0 Å². The van der Waals surface area contributed by atoms with Gasteiger partial charge in [-0.25, -0.2) is 0 Å². The molecule has 0 bridgehead atoms. The summed E-state index contributed by atoms with van der Waals surface area (Å²) in [5.41, 5.74) is 7.03. The highest BCUT2D eigenvalue weighted by molar-refractivity contribution is 6.13. The Kier molecular flexibility index (Phi) is 6.12. The van der Waals surface area contributed by atoms with Gasteiger partial charge in [-0.1, -0.05) is 47.6 Å². The van der Waals surface area contributed by atoms with Crippen molar-refractivity contribution in [3.8, 4) is 0 Å². The molecule has 0 spiro atoms. The molecule has 1 aromatic carbocycles. The Labute approximate surface area is 170 Å². The van der Waals surface area contributed by atoms with E-state index in [1.54, 1.807) is 0 Å². The fraction of sp³-hybridized carbons (Fsp3) is 0.600. The van der Waals surface area contributed by atoms with Crippen molar-refractivity contribution in [2.75, 3.05) is 0 Å². The van der Waals surface area contributed by atoms with Gasteiger partial charge < -0.3 is 0 Å². The van der Waals surface area contributed by atoms with E-state index >= 15 is 0 Å². The summed E-state index contributed by atoms with van der Waals surface area (Å²) < 4.78 is 0. The number of carbonyl (C=O) groups excluding carboxylic acids is 2. The van der Waals surface area contributed by atoms with Crippen LogP contribution in [0.1, 0.15) is 81.8 Å². The van der Waals surface area contributed by atoms with Crippen molar-refractivity contribution < 1.29 is 9.59 Å². The number of carbonyl (C=O) groups is 2. The van der Waals surface area contributed by atoms with Gasteiger partial charge in [0.2, 0.25) is 0 Å². The van der Waals surface area contributed by atoms with Gasteiger partial charge in [-0.2, -0.15) is 0 Å². The van der Waals surface area contributed by atoms with Crippen LogP contribution in [-0.4, -0.2) is 16.7 Å². The normalized spacial score (nSPS) is 19.0. The monoisotopic (exact) mass is 381 g/mol. The highest BCUT2D eigenvalue weighted by atomic mass is 16.2. The average molecular weight is 382 g/mol. The maximum atomic E-state index is 12.4. The van der Waals surface area contributed by atoms with Gasteiger partial charge in [0.15, 0.2) is 0 Å². The number of hydrogen-bond acceptors (Lipinski definition) is 2. The second-order valence-electron chi connectivity index (χ2n) is 9.79. The summed E-state index contributed by atoms with van der Waals surface area (Å²) in [5, 5.41) is 0. The zero-order valence-corrected chi connectivity index (χ0v) is 18.3. The molecule has 0 fully saturated rings. The van der Waals surface area contributed by atoms with Crippen molar-refractivity contribution in [3.63, 3.8) is 0 Å². The highest BCUT2D eigenvalue weighted by Gasteiger charge is 2.39. The van der Waals surface area contributed by atoms with Crippen LogP contribution >= 0.6 is 0 Å².